The summed E-state index contributed by atoms with van der Waals surface area (Å²) in [6.07, 6.45) is 4.78. The highest BCUT2D eigenvalue weighted by Gasteiger charge is 2.14. The number of hydrogen-bond acceptors (Lipinski definition) is 4. The van der Waals surface area contributed by atoms with Gasteiger partial charge in [-0.2, -0.15) is 5.10 Å². The first-order chi connectivity index (χ1) is 10.6. The Balaban J connectivity index is 1.83. The number of rotatable bonds is 3. The third-order valence-corrected chi connectivity index (χ3v) is 3.44. The smallest absolute Gasteiger partial charge is 0.257 e. The lowest BCUT2D eigenvalue weighted by Crippen LogP contribution is -2.27. The Labute approximate surface area is 126 Å². The molecule has 0 radical (unpaired) electrons. The summed E-state index contributed by atoms with van der Waals surface area (Å²) >= 11 is 0. The van der Waals surface area contributed by atoms with Crippen molar-refractivity contribution in [1.29, 1.82) is 0 Å². The summed E-state index contributed by atoms with van der Waals surface area (Å²) in [7, 11) is 0. The molecule has 3 aromatic rings. The molecule has 0 fully saturated rings. The van der Waals surface area contributed by atoms with Crippen LogP contribution in [0.2, 0.25) is 0 Å². The van der Waals surface area contributed by atoms with Gasteiger partial charge in [0.25, 0.3) is 11.5 Å². The topological polar surface area (TPSA) is 92.2 Å². The normalized spacial score (nSPS) is 10.8. The Morgan fingerprint density at radius 1 is 1.41 bits per heavy atom. The van der Waals surface area contributed by atoms with E-state index < -0.39 is 0 Å². The SMILES string of the molecule is Cc1cc(C)c(CNC(=O)c2cnn3cccnc23)c(=O)[nH]1. The molecule has 1 amide bonds. The summed E-state index contributed by atoms with van der Waals surface area (Å²) in [5.41, 5.74) is 2.86. The first-order valence-corrected chi connectivity index (χ1v) is 6.82. The van der Waals surface area contributed by atoms with E-state index in [4.69, 9.17) is 0 Å². The lowest BCUT2D eigenvalue weighted by Gasteiger charge is -2.07. The molecule has 2 N–H and O–H groups in total. The Morgan fingerprint density at radius 3 is 3.00 bits per heavy atom. The maximum absolute atomic E-state index is 12.3. The second-order valence-electron chi connectivity index (χ2n) is 5.07. The molecular formula is C15H15N5O2. The number of hydrogen-bond donors (Lipinski definition) is 2. The molecule has 3 aromatic heterocycles. The largest absolute Gasteiger partial charge is 0.348 e. The van der Waals surface area contributed by atoms with Crippen LogP contribution in [0.4, 0.5) is 0 Å². The molecule has 0 unspecified atom stereocenters. The van der Waals surface area contributed by atoms with E-state index in [0.717, 1.165) is 11.3 Å². The molecule has 0 aliphatic carbocycles. The number of amides is 1. The van der Waals surface area contributed by atoms with Crippen LogP contribution >= 0.6 is 0 Å². The number of nitrogens with one attached hydrogen (secondary N) is 2. The molecule has 7 heteroatoms. The summed E-state index contributed by atoms with van der Waals surface area (Å²) in [5.74, 6) is -0.312. The van der Waals surface area contributed by atoms with Gasteiger partial charge in [0.15, 0.2) is 5.65 Å². The van der Waals surface area contributed by atoms with Crippen LogP contribution in [0.1, 0.15) is 27.2 Å². The van der Waals surface area contributed by atoms with Crippen molar-refractivity contribution in [2.45, 2.75) is 20.4 Å². The number of aryl methyl sites for hydroxylation is 2. The van der Waals surface area contributed by atoms with Gasteiger partial charge in [-0.25, -0.2) is 9.50 Å². The summed E-state index contributed by atoms with van der Waals surface area (Å²) in [6.45, 7) is 3.83. The second-order valence-corrected chi connectivity index (χ2v) is 5.07. The van der Waals surface area contributed by atoms with E-state index in [1.165, 1.54) is 10.7 Å². The quantitative estimate of drug-likeness (QED) is 0.753. The molecule has 3 heterocycles. The molecule has 0 saturated carbocycles. The fourth-order valence-corrected chi connectivity index (χ4v) is 2.35. The zero-order valence-electron chi connectivity index (χ0n) is 12.3. The Hall–Kier alpha value is -2.96. The standard InChI is InChI=1S/C15H15N5O2/c1-9-6-10(2)19-15(22)11(9)7-17-14(21)12-8-18-20-5-3-4-16-13(12)20/h3-6,8H,7H2,1-2H3,(H,17,21)(H,19,22). The van der Waals surface area contributed by atoms with Gasteiger partial charge in [-0.05, 0) is 31.5 Å². The van der Waals surface area contributed by atoms with Crippen molar-refractivity contribution < 1.29 is 4.79 Å². The van der Waals surface area contributed by atoms with E-state index in [0.29, 0.717) is 16.8 Å². The zero-order valence-corrected chi connectivity index (χ0v) is 12.3. The highest BCUT2D eigenvalue weighted by molar-refractivity contribution is 5.99. The number of aromatic nitrogens is 4. The minimum Gasteiger partial charge on any atom is -0.348 e. The van der Waals surface area contributed by atoms with Crippen molar-refractivity contribution in [2.24, 2.45) is 0 Å². The molecule has 0 saturated heterocycles. The van der Waals surface area contributed by atoms with E-state index in [1.54, 1.807) is 18.5 Å². The lowest BCUT2D eigenvalue weighted by atomic mass is 10.1. The monoisotopic (exact) mass is 297 g/mol. The van der Waals surface area contributed by atoms with E-state index >= 15 is 0 Å². The molecule has 3 rings (SSSR count). The number of aromatic amines is 1. The fourth-order valence-electron chi connectivity index (χ4n) is 2.35. The van der Waals surface area contributed by atoms with Crippen LogP contribution in [0.25, 0.3) is 5.65 Å². The van der Waals surface area contributed by atoms with Gasteiger partial charge in [-0.1, -0.05) is 0 Å². The summed E-state index contributed by atoms with van der Waals surface area (Å²) in [6, 6.07) is 3.61. The van der Waals surface area contributed by atoms with Crippen LogP contribution in [0.5, 0.6) is 0 Å². The van der Waals surface area contributed by atoms with Gasteiger partial charge in [0.05, 0.1) is 6.20 Å². The van der Waals surface area contributed by atoms with Crippen LogP contribution in [-0.2, 0) is 6.54 Å². The van der Waals surface area contributed by atoms with Gasteiger partial charge < -0.3 is 10.3 Å². The van der Waals surface area contributed by atoms with Crippen molar-refractivity contribution in [1.82, 2.24) is 24.9 Å². The molecular weight excluding hydrogens is 282 g/mol. The molecule has 0 atom stereocenters. The summed E-state index contributed by atoms with van der Waals surface area (Å²) in [4.78, 5) is 31.1. The zero-order chi connectivity index (χ0) is 15.7. The molecule has 7 nitrogen and oxygen atoms in total. The van der Waals surface area contributed by atoms with Crippen molar-refractivity contribution >= 4 is 11.6 Å². The average molecular weight is 297 g/mol. The van der Waals surface area contributed by atoms with Gasteiger partial charge >= 0.3 is 0 Å². The van der Waals surface area contributed by atoms with E-state index in [1.807, 2.05) is 19.9 Å². The predicted octanol–water partition coefficient (Wildman–Crippen LogP) is 0.964. The predicted molar refractivity (Wildman–Crippen MR) is 80.7 cm³/mol. The van der Waals surface area contributed by atoms with Crippen LogP contribution in [0, 0.1) is 13.8 Å². The Bertz CT molecular complexity index is 910. The van der Waals surface area contributed by atoms with Crippen LogP contribution in [-0.4, -0.2) is 25.5 Å². The molecule has 112 valence electrons. The van der Waals surface area contributed by atoms with Crippen LogP contribution in [0.3, 0.4) is 0 Å². The second kappa shape index (κ2) is 5.44. The minimum atomic E-state index is -0.312. The maximum atomic E-state index is 12.3. The Kier molecular flexibility index (Phi) is 3.46. The van der Waals surface area contributed by atoms with Crippen LogP contribution < -0.4 is 10.9 Å². The van der Waals surface area contributed by atoms with Gasteiger partial charge in [0, 0.05) is 30.2 Å². The molecule has 0 spiro atoms. The first-order valence-electron chi connectivity index (χ1n) is 6.82. The molecule has 0 bridgehead atoms. The van der Waals surface area contributed by atoms with Crippen molar-refractivity contribution in [3.8, 4) is 0 Å². The third-order valence-electron chi connectivity index (χ3n) is 3.44. The number of carbonyl (C=O) groups is 1. The van der Waals surface area contributed by atoms with Crippen molar-refractivity contribution in [2.75, 3.05) is 0 Å². The third kappa shape index (κ3) is 2.48. The molecule has 0 aliphatic rings. The number of carbonyl (C=O) groups excluding carboxylic acids is 1. The van der Waals surface area contributed by atoms with E-state index in [-0.39, 0.29) is 18.0 Å². The summed E-state index contributed by atoms with van der Waals surface area (Å²) in [5, 5.41) is 6.81. The Morgan fingerprint density at radius 2 is 2.23 bits per heavy atom. The minimum absolute atomic E-state index is 0.157. The number of pyridine rings is 1. The van der Waals surface area contributed by atoms with Crippen molar-refractivity contribution in [3.63, 3.8) is 0 Å². The van der Waals surface area contributed by atoms with Crippen LogP contribution in [0.15, 0.2) is 35.5 Å². The number of fused-ring (bicyclic) bond motifs is 1. The lowest BCUT2D eigenvalue weighted by molar-refractivity contribution is 0.0952. The van der Waals surface area contributed by atoms with Crippen molar-refractivity contribution in [3.05, 3.63) is 63.5 Å². The van der Waals surface area contributed by atoms with Gasteiger partial charge in [-0.3, -0.25) is 9.59 Å². The fraction of sp³-hybridized carbons (Fsp3) is 0.200. The molecule has 0 aliphatic heterocycles. The van der Waals surface area contributed by atoms with E-state index in [9.17, 15) is 9.59 Å². The number of H-pyrrole nitrogens is 1. The maximum Gasteiger partial charge on any atom is 0.257 e. The average Bonchev–Trinajstić information content (AvgIpc) is 2.90. The molecule has 22 heavy (non-hydrogen) atoms. The van der Waals surface area contributed by atoms with Gasteiger partial charge in [0.1, 0.15) is 5.56 Å². The number of nitrogens with zero attached hydrogens (tertiary/aromatic N) is 3. The summed E-state index contributed by atoms with van der Waals surface area (Å²) < 4.78 is 1.53. The van der Waals surface area contributed by atoms with Gasteiger partial charge in [-0.15, -0.1) is 0 Å². The highest BCUT2D eigenvalue weighted by Crippen LogP contribution is 2.08. The van der Waals surface area contributed by atoms with Gasteiger partial charge in [0.2, 0.25) is 0 Å². The van der Waals surface area contributed by atoms with E-state index in [2.05, 4.69) is 20.4 Å². The first kappa shape index (κ1) is 14.0. The molecule has 0 aromatic carbocycles. The highest BCUT2D eigenvalue weighted by atomic mass is 16.2.